The van der Waals surface area contributed by atoms with Crippen LogP contribution in [-0.4, -0.2) is 217 Å². The summed E-state index contributed by atoms with van der Waals surface area (Å²) < 4.78 is 88.0. The van der Waals surface area contributed by atoms with Crippen molar-refractivity contribution < 1.29 is 80.9 Å². The van der Waals surface area contributed by atoms with Gasteiger partial charge in [-0.15, -0.1) is 0 Å². The number of aliphatic hydroxyl groups excluding tert-OH is 1. The second-order valence-corrected chi connectivity index (χ2v) is 15.0. The van der Waals surface area contributed by atoms with Crippen molar-refractivity contribution in [1.29, 1.82) is 0 Å². The van der Waals surface area contributed by atoms with Gasteiger partial charge in [0.05, 0.1) is 205 Å². The molecule has 0 aromatic heterocycles. The zero-order chi connectivity index (χ0) is 46.0. The first-order valence-corrected chi connectivity index (χ1v) is 23.6. The van der Waals surface area contributed by atoms with Gasteiger partial charge in [-0.05, 0) is 29.5 Å². The number of unbranched alkanes of at least 4 members (excludes halogenated alkanes) is 3. The summed E-state index contributed by atoms with van der Waals surface area (Å²) in [6.07, 6.45) is 6.37. The standard InChI is InChI=1S/C47H88O17/c1-4-5-6-7-12-47(2,3)45-8-10-46(11-9-45)64-44-43-63-42-41-62-40-39-61-38-37-60-36-35-59-34-33-58-32-31-57-30-29-56-28-27-55-26-25-54-24-23-53-22-21-52-20-19-51-18-17-50-16-15-49-14-13-48/h8-11,48H,4-7,12-44H2,1-3H3. The van der Waals surface area contributed by atoms with Gasteiger partial charge < -0.3 is 80.9 Å². The molecule has 0 unspecified atom stereocenters. The fourth-order valence-corrected chi connectivity index (χ4v) is 5.60. The molecule has 0 atom stereocenters. The van der Waals surface area contributed by atoms with Crippen LogP contribution in [0.4, 0.5) is 0 Å². The molecule has 0 aliphatic rings. The van der Waals surface area contributed by atoms with Gasteiger partial charge in [-0.1, -0.05) is 58.6 Å². The monoisotopic (exact) mass is 925 g/mol. The quantitative estimate of drug-likeness (QED) is 0.0903. The predicted molar refractivity (Wildman–Crippen MR) is 243 cm³/mol. The van der Waals surface area contributed by atoms with Crippen molar-refractivity contribution in [3.05, 3.63) is 29.8 Å². The Hall–Kier alpha value is -1.62. The van der Waals surface area contributed by atoms with Crippen LogP contribution in [0.25, 0.3) is 0 Å². The van der Waals surface area contributed by atoms with E-state index in [-0.39, 0.29) is 12.0 Å². The van der Waals surface area contributed by atoms with Crippen LogP contribution in [0.1, 0.15) is 58.4 Å². The lowest BCUT2D eigenvalue weighted by molar-refractivity contribution is -0.0302. The lowest BCUT2D eigenvalue weighted by Gasteiger charge is -2.25. The van der Waals surface area contributed by atoms with Crippen molar-refractivity contribution in [2.24, 2.45) is 0 Å². The van der Waals surface area contributed by atoms with Gasteiger partial charge in [-0.2, -0.15) is 0 Å². The molecule has 0 radical (unpaired) electrons. The molecule has 17 nitrogen and oxygen atoms in total. The number of hydrogen-bond donors (Lipinski definition) is 1. The van der Waals surface area contributed by atoms with Crippen LogP contribution in [0, 0.1) is 0 Å². The normalized spacial score (nSPS) is 11.9. The highest BCUT2D eigenvalue weighted by molar-refractivity contribution is 5.31. The van der Waals surface area contributed by atoms with Crippen LogP contribution < -0.4 is 4.74 Å². The minimum Gasteiger partial charge on any atom is -0.491 e. The summed E-state index contributed by atoms with van der Waals surface area (Å²) in [5.74, 6) is 0.871. The molecule has 0 spiro atoms. The van der Waals surface area contributed by atoms with E-state index in [0.717, 1.165) is 5.75 Å². The zero-order valence-electron chi connectivity index (χ0n) is 40.0. The number of ether oxygens (including phenoxy) is 16. The molecule has 1 N–H and O–H groups in total. The fraction of sp³-hybridized carbons (Fsp3) is 0.872. The lowest BCUT2D eigenvalue weighted by Crippen LogP contribution is -2.17. The third-order valence-corrected chi connectivity index (χ3v) is 9.23. The highest BCUT2D eigenvalue weighted by Crippen LogP contribution is 2.30. The van der Waals surface area contributed by atoms with Crippen LogP contribution in [0.3, 0.4) is 0 Å². The molecule has 1 aromatic rings. The van der Waals surface area contributed by atoms with E-state index in [9.17, 15) is 0 Å². The average Bonchev–Trinajstić information content (AvgIpc) is 3.30. The molecule has 378 valence electrons. The Morgan fingerprint density at radius 2 is 0.578 bits per heavy atom. The Morgan fingerprint density at radius 1 is 0.328 bits per heavy atom. The smallest absolute Gasteiger partial charge is 0.119 e. The molecule has 0 saturated carbocycles. The second kappa shape index (κ2) is 49.3. The van der Waals surface area contributed by atoms with Gasteiger partial charge in [0.1, 0.15) is 12.4 Å². The van der Waals surface area contributed by atoms with Crippen molar-refractivity contribution in [2.75, 3.05) is 211 Å². The molecular formula is C47H88O17. The highest BCUT2D eigenvalue weighted by Gasteiger charge is 2.20. The molecule has 64 heavy (non-hydrogen) atoms. The summed E-state index contributed by atoms with van der Waals surface area (Å²) in [4.78, 5) is 0. The van der Waals surface area contributed by atoms with Crippen molar-refractivity contribution >= 4 is 0 Å². The van der Waals surface area contributed by atoms with E-state index in [4.69, 9.17) is 80.9 Å². The van der Waals surface area contributed by atoms with Crippen LogP contribution >= 0.6 is 0 Å². The number of aliphatic hydroxyl groups is 1. The Labute approximate surface area is 385 Å². The topological polar surface area (TPSA) is 168 Å². The number of hydrogen-bond acceptors (Lipinski definition) is 17. The molecule has 0 bridgehead atoms. The first kappa shape index (κ1) is 60.4. The molecule has 0 amide bonds. The van der Waals surface area contributed by atoms with Gasteiger partial charge in [0, 0.05) is 0 Å². The highest BCUT2D eigenvalue weighted by atomic mass is 16.6. The van der Waals surface area contributed by atoms with Crippen molar-refractivity contribution in [3.8, 4) is 5.75 Å². The van der Waals surface area contributed by atoms with E-state index in [1.165, 1.54) is 37.7 Å². The molecule has 0 saturated heterocycles. The maximum atomic E-state index is 8.60. The number of benzene rings is 1. The second-order valence-electron chi connectivity index (χ2n) is 15.0. The van der Waals surface area contributed by atoms with E-state index in [2.05, 4.69) is 45.0 Å². The van der Waals surface area contributed by atoms with Gasteiger partial charge in [-0.3, -0.25) is 0 Å². The molecule has 0 heterocycles. The summed E-state index contributed by atoms with van der Waals surface area (Å²) in [6, 6.07) is 8.49. The van der Waals surface area contributed by atoms with Gasteiger partial charge in [0.25, 0.3) is 0 Å². The summed E-state index contributed by atoms with van der Waals surface area (Å²) in [5, 5.41) is 8.60. The Kier molecular flexibility index (Phi) is 46.5. The van der Waals surface area contributed by atoms with E-state index in [1.807, 2.05) is 0 Å². The zero-order valence-corrected chi connectivity index (χ0v) is 40.0. The summed E-state index contributed by atoms with van der Waals surface area (Å²) in [7, 11) is 0. The average molecular weight is 925 g/mol. The molecular weight excluding hydrogens is 836 g/mol. The maximum absolute atomic E-state index is 8.60. The largest absolute Gasteiger partial charge is 0.491 e. The van der Waals surface area contributed by atoms with Crippen molar-refractivity contribution in [3.63, 3.8) is 0 Å². The first-order chi connectivity index (χ1) is 31.6. The third kappa shape index (κ3) is 43.0. The van der Waals surface area contributed by atoms with Crippen molar-refractivity contribution in [2.45, 2.75) is 58.3 Å². The first-order valence-electron chi connectivity index (χ1n) is 23.6. The Bertz CT molecular complexity index is 1040. The Morgan fingerprint density at radius 3 is 0.828 bits per heavy atom. The maximum Gasteiger partial charge on any atom is 0.119 e. The molecule has 0 aliphatic carbocycles. The molecule has 0 fully saturated rings. The van der Waals surface area contributed by atoms with Gasteiger partial charge >= 0.3 is 0 Å². The lowest BCUT2D eigenvalue weighted by atomic mass is 9.80. The predicted octanol–water partition coefficient (Wildman–Crippen LogP) is 4.55. The van der Waals surface area contributed by atoms with Crippen LogP contribution in [0.15, 0.2) is 24.3 Å². The third-order valence-electron chi connectivity index (χ3n) is 9.23. The molecule has 17 heteroatoms. The fourth-order valence-electron chi connectivity index (χ4n) is 5.60. The van der Waals surface area contributed by atoms with Gasteiger partial charge in [0.2, 0.25) is 0 Å². The Balaban J connectivity index is 1.67. The summed E-state index contributed by atoms with van der Waals surface area (Å²) in [5.41, 5.74) is 1.54. The minimum atomic E-state index is 0.0216. The molecule has 1 rings (SSSR count). The summed E-state index contributed by atoms with van der Waals surface area (Å²) >= 11 is 0. The van der Waals surface area contributed by atoms with E-state index in [0.29, 0.717) is 205 Å². The molecule has 1 aromatic carbocycles. The van der Waals surface area contributed by atoms with Gasteiger partial charge in [0.15, 0.2) is 0 Å². The molecule has 0 aliphatic heterocycles. The number of rotatable bonds is 54. The van der Waals surface area contributed by atoms with E-state index in [1.54, 1.807) is 0 Å². The SMILES string of the molecule is CCCCCCC(C)(C)c1ccc(OCCOCCOCCOCCOCCOCCOCCOCCOCCOCCOCCOCCOCCOCCOCCOCCO)cc1. The van der Waals surface area contributed by atoms with Gasteiger partial charge in [-0.25, -0.2) is 0 Å². The van der Waals surface area contributed by atoms with E-state index < -0.39 is 0 Å². The van der Waals surface area contributed by atoms with Crippen LogP contribution in [-0.2, 0) is 76.5 Å². The minimum absolute atomic E-state index is 0.0216. The van der Waals surface area contributed by atoms with Crippen LogP contribution in [0.2, 0.25) is 0 Å². The van der Waals surface area contributed by atoms with E-state index >= 15 is 0 Å². The van der Waals surface area contributed by atoms with Crippen LogP contribution in [0.5, 0.6) is 5.75 Å². The summed E-state index contributed by atoms with van der Waals surface area (Å²) in [6.45, 7) is 22.2. The van der Waals surface area contributed by atoms with Crippen molar-refractivity contribution in [1.82, 2.24) is 0 Å².